The second-order valence-electron chi connectivity index (χ2n) is 10.4. The Labute approximate surface area is 171 Å². The van der Waals surface area contributed by atoms with E-state index in [4.69, 9.17) is 9.47 Å². The van der Waals surface area contributed by atoms with Crippen molar-refractivity contribution in [3.05, 3.63) is 23.8 Å². The van der Waals surface area contributed by atoms with Crippen LogP contribution in [-0.2, 0) is 23.9 Å². The van der Waals surface area contributed by atoms with Gasteiger partial charge in [0.1, 0.15) is 5.60 Å². The number of hydrogen-bond acceptors (Lipinski definition) is 5. The fourth-order valence-corrected chi connectivity index (χ4v) is 8.09. The second kappa shape index (κ2) is 5.48. The number of ether oxygens (including phenoxy) is 2. The van der Waals surface area contributed by atoms with Crippen molar-refractivity contribution < 1.29 is 23.9 Å². The molecule has 5 aliphatic rings. The van der Waals surface area contributed by atoms with Gasteiger partial charge in [-0.05, 0) is 69.4 Å². The summed E-state index contributed by atoms with van der Waals surface area (Å²) in [5, 5.41) is 0. The summed E-state index contributed by atoms with van der Waals surface area (Å²) in [4.78, 5) is 36.9. The molecule has 0 amide bonds. The molecule has 0 unspecified atom stereocenters. The van der Waals surface area contributed by atoms with Crippen LogP contribution in [0.1, 0.15) is 60.3 Å². The van der Waals surface area contributed by atoms with Crippen LogP contribution in [0.5, 0.6) is 0 Å². The average molecular weight is 398 g/mol. The van der Waals surface area contributed by atoms with Crippen molar-refractivity contribution in [2.75, 3.05) is 0 Å². The van der Waals surface area contributed by atoms with E-state index >= 15 is 0 Å². The minimum Gasteiger partial charge on any atom is -0.451 e. The predicted molar refractivity (Wildman–Crippen MR) is 106 cm³/mol. The summed E-state index contributed by atoms with van der Waals surface area (Å²) < 4.78 is 12.4. The van der Waals surface area contributed by atoms with Crippen molar-refractivity contribution in [2.45, 2.75) is 77.6 Å². The lowest BCUT2D eigenvalue weighted by molar-refractivity contribution is -0.184. The molecule has 3 saturated carbocycles. The Balaban J connectivity index is 1.61. The Morgan fingerprint density at radius 2 is 1.93 bits per heavy atom. The van der Waals surface area contributed by atoms with Crippen LogP contribution in [0, 0.1) is 28.6 Å². The summed E-state index contributed by atoms with van der Waals surface area (Å²) in [5.41, 5.74) is -0.900. The van der Waals surface area contributed by atoms with Crippen LogP contribution in [0.2, 0.25) is 0 Å². The fraction of sp³-hybridized carbons (Fsp3) is 0.708. The van der Waals surface area contributed by atoms with Gasteiger partial charge in [-0.15, -0.1) is 0 Å². The molecular weight excluding hydrogens is 368 g/mol. The third-order valence-electron chi connectivity index (χ3n) is 9.27. The van der Waals surface area contributed by atoms with Gasteiger partial charge in [-0.2, -0.15) is 0 Å². The first-order chi connectivity index (χ1) is 13.5. The van der Waals surface area contributed by atoms with Crippen LogP contribution in [0.25, 0.3) is 0 Å². The number of Topliss-reactive ketones (excluding diaryl/α,β-unsaturated/α-hetero) is 1. The predicted octanol–water partition coefficient (Wildman–Crippen LogP) is 3.56. The van der Waals surface area contributed by atoms with Crippen LogP contribution in [0.4, 0.5) is 0 Å². The monoisotopic (exact) mass is 398 g/mol. The zero-order valence-electron chi connectivity index (χ0n) is 17.9. The quantitative estimate of drug-likeness (QED) is 0.525. The molecule has 4 aliphatic carbocycles. The molecule has 0 bridgehead atoms. The van der Waals surface area contributed by atoms with Crippen LogP contribution in [0.15, 0.2) is 23.8 Å². The number of hydrogen-bond donors (Lipinski definition) is 0. The summed E-state index contributed by atoms with van der Waals surface area (Å²) in [6.07, 6.45) is 8.67. The maximum atomic E-state index is 12.9. The smallest absolute Gasteiger partial charge is 0.303 e. The third kappa shape index (κ3) is 2.03. The maximum Gasteiger partial charge on any atom is 0.303 e. The molecule has 5 nitrogen and oxygen atoms in total. The molecule has 0 aromatic rings. The molecule has 1 saturated heterocycles. The second-order valence-corrected chi connectivity index (χ2v) is 10.4. The van der Waals surface area contributed by atoms with Crippen LogP contribution >= 0.6 is 0 Å². The van der Waals surface area contributed by atoms with E-state index in [2.05, 4.69) is 26.8 Å². The van der Waals surface area contributed by atoms with Crippen molar-refractivity contribution in [3.63, 3.8) is 0 Å². The molecule has 0 aromatic heterocycles. The molecule has 5 rings (SSSR count). The number of fused-ring (bicyclic) bond motifs is 3. The molecule has 5 heteroatoms. The van der Waals surface area contributed by atoms with E-state index in [1.807, 2.05) is 6.08 Å². The molecule has 8 atom stereocenters. The molecule has 0 aromatic carbocycles. The Kier molecular flexibility index (Phi) is 3.64. The molecule has 4 fully saturated rings. The number of esters is 1. The lowest BCUT2D eigenvalue weighted by atomic mass is 9.45. The van der Waals surface area contributed by atoms with E-state index in [1.54, 1.807) is 13.0 Å². The van der Waals surface area contributed by atoms with Gasteiger partial charge in [-0.3, -0.25) is 14.4 Å². The van der Waals surface area contributed by atoms with Gasteiger partial charge >= 0.3 is 5.97 Å². The fourth-order valence-electron chi connectivity index (χ4n) is 8.09. The molecule has 0 N–H and O–H groups in total. The van der Waals surface area contributed by atoms with E-state index in [9.17, 15) is 14.4 Å². The Morgan fingerprint density at radius 1 is 1.21 bits per heavy atom. The Bertz CT molecular complexity index is 901. The molecule has 1 heterocycles. The minimum absolute atomic E-state index is 0.0138. The summed E-state index contributed by atoms with van der Waals surface area (Å²) in [7, 11) is 0. The Hall–Kier alpha value is -1.75. The highest BCUT2D eigenvalue weighted by Gasteiger charge is 2.82. The van der Waals surface area contributed by atoms with Gasteiger partial charge in [0.25, 0.3) is 0 Å². The highest BCUT2D eigenvalue weighted by molar-refractivity contribution is 6.01. The number of carbonyl (C=O) groups excluding carboxylic acids is 3. The molecular formula is C24H30O5. The highest BCUT2D eigenvalue weighted by Crippen LogP contribution is 2.76. The van der Waals surface area contributed by atoms with Crippen LogP contribution < -0.4 is 0 Å². The van der Waals surface area contributed by atoms with E-state index in [0.717, 1.165) is 12.8 Å². The number of carbonyl (C=O) groups is 3. The molecule has 156 valence electrons. The van der Waals surface area contributed by atoms with Gasteiger partial charge in [0, 0.05) is 17.8 Å². The van der Waals surface area contributed by atoms with Gasteiger partial charge in [-0.25, -0.2) is 0 Å². The van der Waals surface area contributed by atoms with Crippen molar-refractivity contribution >= 4 is 17.5 Å². The number of epoxide rings is 1. The summed E-state index contributed by atoms with van der Waals surface area (Å²) in [6, 6.07) is 0. The topological polar surface area (TPSA) is 73.0 Å². The first-order valence-corrected chi connectivity index (χ1v) is 10.9. The van der Waals surface area contributed by atoms with Gasteiger partial charge in [-0.1, -0.05) is 25.5 Å². The molecule has 1 aliphatic heterocycles. The molecule has 1 spiro atoms. The van der Waals surface area contributed by atoms with E-state index in [-0.39, 0.29) is 46.4 Å². The molecule has 29 heavy (non-hydrogen) atoms. The van der Waals surface area contributed by atoms with E-state index in [0.29, 0.717) is 12.8 Å². The largest absolute Gasteiger partial charge is 0.451 e. The van der Waals surface area contributed by atoms with Crippen molar-refractivity contribution in [1.82, 2.24) is 0 Å². The summed E-state index contributed by atoms with van der Waals surface area (Å²) in [6.45, 7) is 9.51. The summed E-state index contributed by atoms with van der Waals surface area (Å²) >= 11 is 0. The van der Waals surface area contributed by atoms with Gasteiger partial charge in [0.15, 0.2) is 17.2 Å². The standard InChI is InChI=1S/C24H30O5/c1-13-10-19-17-7-9-23(14(2)25,28-15(3)26)22(17,5)12-20-24(19,29-20)21(4)8-6-16(27)11-18(13)21/h6,8,11,13,17,19-20H,7,9-10,12H2,1-5H3/t13-,17-,19-,20-,21-,22-,23-,24+/m0/s1. The van der Waals surface area contributed by atoms with E-state index < -0.39 is 17.0 Å². The van der Waals surface area contributed by atoms with Crippen molar-refractivity contribution in [3.8, 4) is 0 Å². The number of ketones is 2. The van der Waals surface area contributed by atoms with Crippen LogP contribution in [-0.4, -0.2) is 34.8 Å². The van der Waals surface area contributed by atoms with Gasteiger partial charge in [0.2, 0.25) is 0 Å². The lowest BCUT2D eigenvalue weighted by Gasteiger charge is -2.57. The van der Waals surface area contributed by atoms with Crippen LogP contribution in [0.3, 0.4) is 0 Å². The zero-order chi connectivity index (χ0) is 21.0. The Morgan fingerprint density at radius 3 is 2.59 bits per heavy atom. The number of rotatable bonds is 2. The van der Waals surface area contributed by atoms with Gasteiger partial charge in [0.05, 0.1) is 6.10 Å². The SMILES string of the molecule is CC(=O)O[C@]1(C(C)=O)CC[C@H]2[C@@H]3C[C@H](C)C4=CC(=O)C=C[C@]4(C)[C@@]34O[C@H]4C[C@@]21C. The molecule has 0 radical (unpaired) electrons. The highest BCUT2D eigenvalue weighted by atomic mass is 16.6. The van der Waals surface area contributed by atoms with Crippen molar-refractivity contribution in [2.24, 2.45) is 28.6 Å². The summed E-state index contributed by atoms with van der Waals surface area (Å²) in [5.74, 6) is 0.415. The maximum absolute atomic E-state index is 12.9. The minimum atomic E-state index is -1.06. The lowest BCUT2D eigenvalue weighted by Crippen LogP contribution is -2.62. The average Bonchev–Trinajstić information content (AvgIpc) is 3.27. The van der Waals surface area contributed by atoms with Crippen molar-refractivity contribution in [1.29, 1.82) is 0 Å². The first-order valence-electron chi connectivity index (χ1n) is 10.9. The van der Waals surface area contributed by atoms with E-state index in [1.165, 1.54) is 12.5 Å². The number of allylic oxidation sites excluding steroid dienone is 2. The zero-order valence-corrected chi connectivity index (χ0v) is 17.9. The third-order valence-corrected chi connectivity index (χ3v) is 9.27. The first kappa shape index (κ1) is 19.2. The normalized spacial score (nSPS) is 51.9. The van der Waals surface area contributed by atoms with Gasteiger partial charge < -0.3 is 9.47 Å².